The zero-order chi connectivity index (χ0) is 11.8. The maximum Gasteiger partial charge on any atom is 0.140 e. The van der Waals surface area contributed by atoms with E-state index in [-0.39, 0.29) is 11.9 Å². The van der Waals surface area contributed by atoms with Crippen molar-refractivity contribution in [1.29, 1.82) is 0 Å². The molecule has 1 saturated heterocycles. The van der Waals surface area contributed by atoms with Gasteiger partial charge < -0.3 is 21.0 Å². The predicted octanol–water partition coefficient (Wildman–Crippen LogP) is -0.567. The Morgan fingerprint density at radius 3 is 3.19 bits per heavy atom. The van der Waals surface area contributed by atoms with Gasteiger partial charge in [-0.05, 0) is 6.54 Å². The Balaban J connectivity index is 2.08. The average Bonchev–Trinajstić information content (AvgIpc) is 2.34. The Morgan fingerprint density at radius 1 is 1.69 bits per heavy atom. The van der Waals surface area contributed by atoms with Crippen LogP contribution in [-0.4, -0.2) is 61.4 Å². The molecule has 0 aliphatic carbocycles. The van der Waals surface area contributed by atoms with Crippen molar-refractivity contribution in [2.75, 3.05) is 39.3 Å². The number of amidine groups is 1. The van der Waals surface area contributed by atoms with Gasteiger partial charge in [-0.3, -0.25) is 4.90 Å². The van der Waals surface area contributed by atoms with Crippen molar-refractivity contribution < 1.29 is 9.94 Å². The van der Waals surface area contributed by atoms with Gasteiger partial charge in [0.15, 0.2) is 0 Å². The van der Waals surface area contributed by atoms with E-state index in [9.17, 15) is 0 Å². The van der Waals surface area contributed by atoms with Gasteiger partial charge in [-0.15, -0.1) is 0 Å². The first kappa shape index (κ1) is 13.2. The van der Waals surface area contributed by atoms with E-state index < -0.39 is 0 Å². The number of likely N-dealkylation sites (N-methyl/N-ethyl adjacent to an activating group) is 1. The van der Waals surface area contributed by atoms with Gasteiger partial charge in [0.25, 0.3) is 0 Å². The van der Waals surface area contributed by atoms with Crippen LogP contribution in [0.15, 0.2) is 5.16 Å². The topological polar surface area (TPSA) is 83.1 Å². The molecule has 0 bridgehead atoms. The molecule has 4 N–H and O–H groups in total. The largest absolute Gasteiger partial charge is 0.409 e. The van der Waals surface area contributed by atoms with E-state index in [2.05, 4.69) is 22.3 Å². The Kier molecular flexibility index (Phi) is 6.14. The van der Waals surface area contributed by atoms with Crippen LogP contribution in [-0.2, 0) is 4.74 Å². The molecule has 1 atom stereocenters. The fraction of sp³-hybridized carbons (Fsp3) is 0.900. The van der Waals surface area contributed by atoms with E-state index >= 15 is 0 Å². The molecule has 0 spiro atoms. The number of nitrogens with one attached hydrogen (secondary N) is 1. The number of rotatable bonds is 6. The summed E-state index contributed by atoms with van der Waals surface area (Å²) < 4.78 is 5.63. The van der Waals surface area contributed by atoms with Crippen molar-refractivity contribution in [1.82, 2.24) is 10.2 Å². The van der Waals surface area contributed by atoms with E-state index in [1.165, 1.54) is 0 Å². The van der Waals surface area contributed by atoms with Crippen LogP contribution < -0.4 is 11.1 Å². The molecule has 0 radical (unpaired) electrons. The van der Waals surface area contributed by atoms with Gasteiger partial charge in [-0.2, -0.15) is 0 Å². The molecule has 6 heteroatoms. The van der Waals surface area contributed by atoms with Gasteiger partial charge in [0.05, 0.1) is 12.7 Å². The highest BCUT2D eigenvalue weighted by Crippen LogP contribution is 2.03. The van der Waals surface area contributed by atoms with E-state index in [1.807, 2.05) is 0 Å². The van der Waals surface area contributed by atoms with Crippen molar-refractivity contribution in [3.63, 3.8) is 0 Å². The van der Waals surface area contributed by atoms with Gasteiger partial charge in [-0.1, -0.05) is 12.1 Å². The lowest BCUT2D eigenvalue weighted by molar-refractivity contribution is -0.0250. The first-order chi connectivity index (χ1) is 7.76. The molecule has 0 saturated carbocycles. The fourth-order valence-corrected chi connectivity index (χ4v) is 1.72. The molecule has 0 aromatic carbocycles. The highest BCUT2D eigenvalue weighted by molar-refractivity contribution is 5.79. The molecule has 6 nitrogen and oxygen atoms in total. The van der Waals surface area contributed by atoms with Crippen LogP contribution in [0.2, 0.25) is 0 Å². The highest BCUT2D eigenvalue weighted by Gasteiger charge is 2.18. The lowest BCUT2D eigenvalue weighted by Gasteiger charge is -2.32. The summed E-state index contributed by atoms with van der Waals surface area (Å²) in [4.78, 5) is 2.37. The number of oxime groups is 1. The minimum absolute atomic E-state index is 0.251. The summed E-state index contributed by atoms with van der Waals surface area (Å²) in [5.41, 5.74) is 5.36. The number of nitrogens with zero attached hydrogens (tertiary/aromatic N) is 2. The molecule has 1 fully saturated rings. The van der Waals surface area contributed by atoms with Crippen molar-refractivity contribution >= 4 is 5.84 Å². The number of morpholine rings is 1. The van der Waals surface area contributed by atoms with Crippen LogP contribution in [0.5, 0.6) is 0 Å². The van der Waals surface area contributed by atoms with Crippen molar-refractivity contribution in [3.8, 4) is 0 Å². The fourth-order valence-electron chi connectivity index (χ4n) is 1.72. The first-order valence-electron chi connectivity index (χ1n) is 5.77. The Bertz CT molecular complexity index is 223. The van der Waals surface area contributed by atoms with E-state index in [1.54, 1.807) is 0 Å². The van der Waals surface area contributed by atoms with E-state index in [0.29, 0.717) is 13.0 Å². The third-order valence-corrected chi connectivity index (χ3v) is 2.73. The molecule has 0 amide bonds. The third kappa shape index (κ3) is 4.78. The Labute approximate surface area is 96.4 Å². The van der Waals surface area contributed by atoms with Gasteiger partial charge in [0.2, 0.25) is 0 Å². The summed E-state index contributed by atoms with van der Waals surface area (Å²) in [7, 11) is 0. The van der Waals surface area contributed by atoms with Gasteiger partial charge in [0, 0.05) is 32.6 Å². The minimum Gasteiger partial charge on any atom is -0.409 e. The smallest absolute Gasteiger partial charge is 0.140 e. The molecule has 0 aromatic rings. The molecule has 16 heavy (non-hydrogen) atoms. The molecule has 1 aliphatic heterocycles. The number of nitrogens with two attached hydrogens (primary N) is 1. The van der Waals surface area contributed by atoms with Crippen molar-refractivity contribution in [3.05, 3.63) is 0 Å². The number of hydrogen-bond donors (Lipinski definition) is 3. The van der Waals surface area contributed by atoms with Crippen LogP contribution in [0.25, 0.3) is 0 Å². The molecule has 0 aromatic heterocycles. The monoisotopic (exact) mass is 230 g/mol. The van der Waals surface area contributed by atoms with Crippen LogP contribution >= 0.6 is 0 Å². The first-order valence-corrected chi connectivity index (χ1v) is 5.77. The molecule has 1 heterocycles. The maximum absolute atomic E-state index is 8.35. The van der Waals surface area contributed by atoms with Gasteiger partial charge in [-0.25, -0.2) is 0 Å². The molecule has 1 rings (SSSR count). The van der Waals surface area contributed by atoms with Gasteiger partial charge >= 0.3 is 0 Å². The summed E-state index contributed by atoms with van der Waals surface area (Å²) >= 11 is 0. The second-order valence-corrected chi connectivity index (χ2v) is 3.93. The lowest BCUT2D eigenvalue weighted by Crippen LogP contribution is -2.46. The SMILES string of the molecule is CCN1CCOC(CNCCC(N)=NO)C1. The average molecular weight is 230 g/mol. The quantitative estimate of drug-likeness (QED) is 0.187. The lowest BCUT2D eigenvalue weighted by atomic mass is 10.2. The standard InChI is InChI=1S/C10H22N4O2/c1-2-14-5-6-16-9(8-14)7-12-4-3-10(11)13-15/h9,12,15H,2-8H2,1H3,(H2,11,13). The molecular weight excluding hydrogens is 208 g/mol. The summed E-state index contributed by atoms with van der Waals surface area (Å²) in [6.45, 7) is 7.57. The van der Waals surface area contributed by atoms with Crippen LogP contribution in [0.1, 0.15) is 13.3 Å². The normalized spacial score (nSPS) is 23.6. The number of hydrogen-bond acceptors (Lipinski definition) is 5. The van der Waals surface area contributed by atoms with E-state index in [4.69, 9.17) is 15.7 Å². The Morgan fingerprint density at radius 2 is 2.50 bits per heavy atom. The zero-order valence-corrected chi connectivity index (χ0v) is 9.85. The molecule has 1 aliphatic rings. The summed E-state index contributed by atoms with van der Waals surface area (Å²) in [6.07, 6.45) is 0.807. The van der Waals surface area contributed by atoms with Crippen LogP contribution in [0, 0.1) is 0 Å². The summed E-state index contributed by atoms with van der Waals surface area (Å²) in [5.74, 6) is 0.257. The van der Waals surface area contributed by atoms with Crippen molar-refractivity contribution in [2.45, 2.75) is 19.4 Å². The van der Waals surface area contributed by atoms with E-state index in [0.717, 1.165) is 32.8 Å². The minimum atomic E-state index is 0.251. The molecule has 1 unspecified atom stereocenters. The maximum atomic E-state index is 8.35. The third-order valence-electron chi connectivity index (χ3n) is 2.73. The summed E-state index contributed by atoms with van der Waals surface area (Å²) in [5, 5.41) is 14.5. The van der Waals surface area contributed by atoms with Crippen molar-refractivity contribution in [2.24, 2.45) is 10.9 Å². The second-order valence-electron chi connectivity index (χ2n) is 3.93. The second kappa shape index (κ2) is 7.43. The van der Waals surface area contributed by atoms with Crippen LogP contribution in [0.4, 0.5) is 0 Å². The molecule has 94 valence electrons. The summed E-state index contributed by atoms with van der Waals surface area (Å²) in [6, 6.07) is 0. The van der Waals surface area contributed by atoms with Gasteiger partial charge in [0.1, 0.15) is 5.84 Å². The predicted molar refractivity (Wildman–Crippen MR) is 62.7 cm³/mol. The van der Waals surface area contributed by atoms with Crippen LogP contribution in [0.3, 0.4) is 0 Å². The highest BCUT2D eigenvalue weighted by atomic mass is 16.5. The Hall–Kier alpha value is -0.850. The zero-order valence-electron chi connectivity index (χ0n) is 9.85. The number of ether oxygens (including phenoxy) is 1. The molecular formula is C10H22N4O2.